The molecule has 6 heteroatoms. The van der Waals surface area contributed by atoms with E-state index in [1.165, 1.54) is 347 Å². The van der Waals surface area contributed by atoms with Crippen molar-refractivity contribution in [3.8, 4) is 0 Å². The highest BCUT2D eigenvalue weighted by Gasteiger charge is 2.73. The van der Waals surface area contributed by atoms with Gasteiger partial charge in [0, 0.05) is 76.4 Å². The second-order valence-electron chi connectivity index (χ2n) is 29.7. The van der Waals surface area contributed by atoms with Crippen molar-refractivity contribution in [3.63, 3.8) is 0 Å². The van der Waals surface area contributed by atoms with Gasteiger partial charge in [0.2, 0.25) is 0 Å². The first-order valence-corrected chi connectivity index (χ1v) is 43.2. The summed E-state index contributed by atoms with van der Waals surface area (Å²) in [6.07, 6.45) is 74.8. The molecule has 6 saturated heterocycles. The first kappa shape index (κ1) is 67.0. The molecular weight excluding hydrogens is 1010 g/mol. The molecule has 0 N–H and O–H groups in total. The maximum atomic E-state index is 6.40. The Hall–Kier alpha value is -0.560. The van der Waals surface area contributed by atoms with Gasteiger partial charge in [-0.15, -0.1) is 0 Å². The van der Waals surface area contributed by atoms with Crippen molar-refractivity contribution in [2.75, 3.05) is 86.5 Å². The lowest BCUT2D eigenvalue weighted by molar-refractivity contribution is -0.475. The molecule has 0 aromatic heterocycles. The quantitative estimate of drug-likeness (QED) is 0.248. The zero-order valence-corrected chi connectivity index (χ0v) is 56.4. The minimum atomic E-state index is -3.09. The topological polar surface area (TPSA) is 24.5 Å². The molecule has 2 spiro atoms. The monoisotopic (exact) mass is 1150 g/mol. The SMILES string of the molecule is COCCC1=C(C)[N+]2=C3CCCCCCCCCCC4=[N+](CCCCCCCCCC2)C(C)=C(CCOC)S4256CCCCCCCCCCS13(CCCCCCCCCC2)(CCCCCCCCCC5)CCCCCCCCCC6. The van der Waals surface area contributed by atoms with Crippen molar-refractivity contribution < 1.29 is 18.6 Å². The molecular formula is C74H140N2O2S2+2. The van der Waals surface area contributed by atoms with Crippen LogP contribution in [0, 0.1) is 0 Å². The van der Waals surface area contributed by atoms with E-state index in [1.807, 2.05) is 14.2 Å². The summed E-state index contributed by atoms with van der Waals surface area (Å²) in [4.78, 5) is 4.13. The summed E-state index contributed by atoms with van der Waals surface area (Å²) in [5.74, 6) is 12.4. The van der Waals surface area contributed by atoms with Gasteiger partial charge >= 0.3 is 0 Å². The van der Waals surface area contributed by atoms with Gasteiger partial charge in [-0.1, -0.05) is 218 Å². The zero-order valence-electron chi connectivity index (χ0n) is 54.8. The van der Waals surface area contributed by atoms with Crippen LogP contribution in [-0.4, -0.2) is 106 Å². The summed E-state index contributed by atoms with van der Waals surface area (Å²) in [5, 5.41) is 4.28. The van der Waals surface area contributed by atoms with Crippen molar-refractivity contribution in [2.24, 2.45) is 0 Å². The average molecular weight is 1150 g/mol. The van der Waals surface area contributed by atoms with Crippen LogP contribution in [0.3, 0.4) is 0 Å². The molecule has 0 saturated carbocycles. The summed E-state index contributed by atoms with van der Waals surface area (Å²) >= 11 is 0. The lowest BCUT2D eigenvalue weighted by atomic mass is 10.1. The highest BCUT2D eigenvalue weighted by molar-refractivity contribution is 8.77. The molecule has 0 radical (unpaired) electrons. The predicted molar refractivity (Wildman–Crippen MR) is 364 cm³/mol. The van der Waals surface area contributed by atoms with Crippen molar-refractivity contribution >= 4 is 26.7 Å². The molecule has 2 bridgehead atoms. The van der Waals surface area contributed by atoms with Crippen LogP contribution in [0.1, 0.15) is 348 Å². The molecule has 4 nitrogen and oxygen atoms in total. The first-order valence-electron chi connectivity index (χ1n) is 37.0. The van der Waals surface area contributed by atoms with E-state index < -0.39 is 16.6 Å². The Morgan fingerprint density at radius 2 is 0.450 bits per heavy atom. The van der Waals surface area contributed by atoms with Crippen molar-refractivity contribution in [3.05, 3.63) is 21.2 Å². The van der Waals surface area contributed by atoms with E-state index in [0.29, 0.717) is 0 Å². The van der Waals surface area contributed by atoms with E-state index in [2.05, 4.69) is 42.9 Å². The fourth-order valence-corrected chi connectivity index (χ4v) is 43.7. The van der Waals surface area contributed by atoms with Gasteiger partial charge in [-0.2, -0.15) is 25.7 Å². The lowest BCUT2D eigenvalue weighted by Crippen LogP contribution is -2.55. The third kappa shape index (κ3) is 15.0. The van der Waals surface area contributed by atoms with Crippen LogP contribution in [0.2, 0.25) is 0 Å². The number of hydrogen-bond donors (Lipinski definition) is 0. The molecule has 0 amide bonds. The maximum Gasteiger partial charge on any atom is 0.189 e. The standard InChI is InChI=1S/C74H140N2O2S2/c1-69-71(55-59-77-3)79-61-45-33-21-9-13-25-37-49-65-80(66-50-38-26-14-10-22-34-46-62-79,67-51-39-27-15-11-23-35-47-63-79,68-52-40-28-16-12-24-36-48-64-79)72(56-60-78-4)70(2)76-58-44-32-20-8-7-19-31-43-57-75(69)73(79)53-41-29-17-5-6-18-30-42-54-74(76)80/h5-68H2,1-4H3/q+2. The fourth-order valence-electron chi connectivity index (χ4n) is 20.7. The molecule has 0 aromatic carbocycles. The Bertz CT molecular complexity index is 1720. The molecule has 9 aliphatic heterocycles. The normalized spacial score (nSPS) is 29.9. The molecule has 0 atom stereocenters. The number of methoxy groups -OCH3 is 2. The number of allylic oxidation sites excluding steroid dienone is 2. The summed E-state index contributed by atoms with van der Waals surface area (Å²) in [6, 6.07) is 0. The second-order valence-corrected chi connectivity index (χ2v) is 44.8. The highest BCUT2D eigenvalue weighted by atomic mass is 32.4. The van der Waals surface area contributed by atoms with Gasteiger partial charge in [0.05, 0.1) is 13.2 Å². The summed E-state index contributed by atoms with van der Waals surface area (Å²) in [6.45, 7) is 9.88. The summed E-state index contributed by atoms with van der Waals surface area (Å²) in [5.41, 5.74) is 3.58. The van der Waals surface area contributed by atoms with E-state index >= 15 is 0 Å². The van der Waals surface area contributed by atoms with Crippen molar-refractivity contribution in [2.45, 2.75) is 348 Å². The number of hydrogen-bond acceptors (Lipinski definition) is 2. The van der Waals surface area contributed by atoms with Gasteiger partial charge in [0.25, 0.3) is 0 Å². The van der Waals surface area contributed by atoms with Gasteiger partial charge in [-0.05, 0) is 123 Å². The van der Waals surface area contributed by atoms with E-state index in [4.69, 9.17) is 9.47 Å². The molecule has 9 heterocycles. The lowest BCUT2D eigenvalue weighted by Gasteiger charge is -2.77. The van der Waals surface area contributed by atoms with Gasteiger partial charge in [0.15, 0.2) is 21.5 Å². The number of rotatable bonds is 6. The third-order valence-electron chi connectivity index (χ3n) is 24.8. The van der Waals surface area contributed by atoms with E-state index in [0.717, 1.165) is 13.2 Å². The van der Waals surface area contributed by atoms with Crippen molar-refractivity contribution in [1.82, 2.24) is 0 Å². The van der Waals surface area contributed by atoms with Crippen molar-refractivity contribution in [1.29, 1.82) is 0 Å². The van der Waals surface area contributed by atoms with Crippen LogP contribution in [0.4, 0.5) is 0 Å². The Balaban J connectivity index is 1.54. The number of ether oxygens (including phenoxy) is 2. The summed E-state index contributed by atoms with van der Waals surface area (Å²) in [7, 11) is -2.08. The minimum Gasteiger partial charge on any atom is -0.384 e. The van der Waals surface area contributed by atoms with Crippen LogP contribution in [-0.2, 0) is 9.47 Å². The predicted octanol–water partition coefficient (Wildman–Crippen LogP) is 22.7. The third-order valence-corrected chi connectivity index (χ3v) is 45.6. The molecule has 0 aromatic rings. The molecule has 6 fully saturated rings. The Morgan fingerprint density at radius 1 is 0.263 bits per heavy atom. The van der Waals surface area contributed by atoms with Gasteiger partial charge in [-0.3, -0.25) is 0 Å². The zero-order chi connectivity index (χ0) is 56.1. The largest absolute Gasteiger partial charge is 0.384 e. The maximum absolute atomic E-state index is 6.40. The van der Waals surface area contributed by atoms with Crippen LogP contribution < -0.4 is 0 Å². The highest BCUT2D eigenvalue weighted by Crippen LogP contribution is 2.99. The Labute approximate surface area is 497 Å². The molecule has 468 valence electrons. The first-order chi connectivity index (χ1) is 39.3. The molecule has 9 rings (SSSR count). The molecule has 9 aliphatic rings. The van der Waals surface area contributed by atoms with Crippen LogP contribution in [0.25, 0.3) is 0 Å². The van der Waals surface area contributed by atoms with Crippen LogP contribution in [0.15, 0.2) is 21.2 Å². The van der Waals surface area contributed by atoms with E-state index in [1.54, 1.807) is 57.4 Å². The molecule has 80 heavy (non-hydrogen) atoms. The van der Waals surface area contributed by atoms with Gasteiger partial charge < -0.3 is 9.47 Å². The van der Waals surface area contributed by atoms with E-state index in [-0.39, 0.29) is 0 Å². The molecule has 0 unspecified atom stereocenters. The Kier molecular flexibility index (Phi) is 27.6. The summed E-state index contributed by atoms with van der Waals surface area (Å²) < 4.78 is 19.3. The Morgan fingerprint density at radius 3 is 0.662 bits per heavy atom. The molecule has 0 aliphatic carbocycles. The number of nitrogens with zero attached hydrogens (tertiary/aromatic N) is 2. The minimum absolute atomic E-state index is 0.916. The van der Waals surface area contributed by atoms with Crippen LogP contribution >= 0.6 is 16.6 Å². The van der Waals surface area contributed by atoms with Gasteiger partial charge in [0.1, 0.15) is 13.1 Å². The van der Waals surface area contributed by atoms with Gasteiger partial charge in [-0.25, -0.2) is 0 Å². The second kappa shape index (κ2) is 33.0. The smallest absolute Gasteiger partial charge is 0.189 e. The van der Waals surface area contributed by atoms with E-state index in [9.17, 15) is 0 Å². The average Bonchev–Trinajstić information content (AvgIpc) is 2.59. The van der Waals surface area contributed by atoms with Crippen LogP contribution in [0.5, 0.6) is 0 Å². The fraction of sp³-hybridized carbons (Fsp3) is 0.919.